The molecule has 0 spiro atoms. The second-order valence-electron chi connectivity index (χ2n) is 5.44. The zero-order chi connectivity index (χ0) is 13.8. The normalized spacial score (nSPS) is 14.7. The lowest BCUT2D eigenvalue weighted by molar-refractivity contribution is -0.116. The molecule has 1 aliphatic rings. The van der Waals surface area contributed by atoms with Crippen LogP contribution in [0.3, 0.4) is 0 Å². The van der Waals surface area contributed by atoms with Gasteiger partial charge in [-0.2, -0.15) is 0 Å². The largest absolute Gasteiger partial charge is 0.399 e. The van der Waals surface area contributed by atoms with Gasteiger partial charge in [-0.05, 0) is 57.5 Å². The van der Waals surface area contributed by atoms with E-state index in [1.807, 2.05) is 25.1 Å². The molecule has 2 rings (SSSR count). The molecule has 0 heterocycles. The molecule has 1 aliphatic carbocycles. The minimum Gasteiger partial charge on any atom is -0.399 e. The number of nitrogens with two attached hydrogens (primary N) is 1. The van der Waals surface area contributed by atoms with Crippen molar-refractivity contribution >= 4 is 17.3 Å². The summed E-state index contributed by atoms with van der Waals surface area (Å²) in [5, 5.41) is 2.93. The molecule has 19 heavy (non-hydrogen) atoms. The van der Waals surface area contributed by atoms with E-state index in [9.17, 15) is 4.79 Å². The van der Waals surface area contributed by atoms with E-state index in [2.05, 4.69) is 17.3 Å². The minimum atomic E-state index is 0.0675. The highest BCUT2D eigenvalue weighted by Crippen LogP contribution is 2.25. The molecule has 0 unspecified atom stereocenters. The number of anilines is 2. The number of carbonyl (C=O) groups is 1. The first kappa shape index (κ1) is 13.9. The van der Waals surface area contributed by atoms with Crippen LogP contribution in [-0.2, 0) is 4.79 Å². The summed E-state index contributed by atoms with van der Waals surface area (Å²) in [6.45, 7) is 2.96. The van der Waals surface area contributed by atoms with Gasteiger partial charge in [-0.15, -0.1) is 0 Å². The Kier molecular flexibility index (Phi) is 4.43. The predicted octanol–water partition coefficient (Wildman–Crippen LogP) is 2.39. The zero-order valence-electron chi connectivity index (χ0n) is 11.8. The monoisotopic (exact) mass is 261 g/mol. The molecular weight excluding hydrogens is 238 g/mol. The van der Waals surface area contributed by atoms with Crippen molar-refractivity contribution in [3.05, 3.63) is 23.8 Å². The molecule has 3 N–H and O–H groups in total. The molecule has 0 bridgehead atoms. The van der Waals surface area contributed by atoms with E-state index < -0.39 is 0 Å². The van der Waals surface area contributed by atoms with Crippen molar-refractivity contribution in [2.24, 2.45) is 0 Å². The van der Waals surface area contributed by atoms with Crippen LogP contribution in [-0.4, -0.2) is 30.4 Å². The van der Waals surface area contributed by atoms with Crippen LogP contribution in [0.15, 0.2) is 18.2 Å². The first-order valence-corrected chi connectivity index (χ1v) is 6.92. The van der Waals surface area contributed by atoms with E-state index in [4.69, 9.17) is 5.73 Å². The van der Waals surface area contributed by atoms with Crippen LogP contribution < -0.4 is 11.1 Å². The third kappa shape index (κ3) is 4.24. The van der Waals surface area contributed by atoms with Crippen molar-refractivity contribution in [1.82, 2.24) is 4.90 Å². The number of nitrogens with one attached hydrogen (secondary N) is 1. The summed E-state index contributed by atoms with van der Waals surface area (Å²) in [6.07, 6.45) is 4.09. The topological polar surface area (TPSA) is 58.4 Å². The van der Waals surface area contributed by atoms with Gasteiger partial charge in [-0.1, -0.05) is 6.07 Å². The molecule has 1 aromatic rings. The van der Waals surface area contributed by atoms with Crippen molar-refractivity contribution in [2.75, 3.05) is 24.6 Å². The van der Waals surface area contributed by atoms with Gasteiger partial charge in [0, 0.05) is 23.8 Å². The third-order valence-electron chi connectivity index (χ3n) is 3.62. The summed E-state index contributed by atoms with van der Waals surface area (Å²) in [4.78, 5) is 14.2. The third-order valence-corrected chi connectivity index (χ3v) is 3.62. The fraction of sp³-hybridized carbons (Fsp3) is 0.533. The Morgan fingerprint density at radius 3 is 2.89 bits per heavy atom. The van der Waals surface area contributed by atoms with Gasteiger partial charge in [0.2, 0.25) is 5.91 Å². The first-order chi connectivity index (χ1) is 9.06. The predicted molar refractivity (Wildman–Crippen MR) is 79.1 cm³/mol. The average Bonchev–Trinajstić information content (AvgIpc) is 3.18. The number of hydrogen-bond donors (Lipinski definition) is 2. The first-order valence-electron chi connectivity index (χ1n) is 6.92. The van der Waals surface area contributed by atoms with Crippen LogP contribution in [0.5, 0.6) is 0 Å². The Morgan fingerprint density at radius 2 is 2.21 bits per heavy atom. The van der Waals surface area contributed by atoms with Gasteiger partial charge in [0.1, 0.15) is 0 Å². The maximum Gasteiger partial charge on any atom is 0.224 e. The van der Waals surface area contributed by atoms with Crippen LogP contribution in [0, 0.1) is 6.92 Å². The fourth-order valence-electron chi connectivity index (χ4n) is 2.17. The van der Waals surface area contributed by atoms with Crippen LogP contribution in [0.2, 0.25) is 0 Å². The van der Waals surface area contributed by atoms with Crippen molar-refractivity contribution < 1.29 is 4.79 Å². The lowest BCUT2D eigenvalue weighted by Gasteiger charge is -2.15. The molecule has 1 saturated carbocycles. The maximum absolute atomic E-state index is 11.9. The summed E-state index contributed by atoms with van der Waals surface area (Å²) >= 11 is 0. The molecule has 0 aromatic heterocycles. The summed E-state index contributed by atoms with van der Waals surface area (Å²) < 4.78 is 0. The molecule has 104 valence electrons. The van der Waals surface area contributed by atoms with Crippen LogP contribution in [0.1, 0.15) is 31.2 Å². The number of aryl methyl sites for hydroxylation is 1. The standard InChI is InChI=1S/C15H23N3O/c1-11-5-6-12(16)10-14(11)17-15(19)4-3-9-18(2)13-7-8-13/h5-6,10,13H,3-4,7-9,16H2,1-2H3,(H,17,19). The maximum atomic E-state index is 11.9. The summed E-state index contributed by atoms with van der Waals surface area (Å²) in [6, 6.07) is 6.34. The molecule has 0 atom stereocenters. The lowest BCUT2D eigenvalue weighted by Crippen LogP contribution is -2.23. The van der Waals surface area contributed by atoms with Crippen molar-refractivity contribution in [3.8, 4) is 0 Å². The van der Waals surface area contributed by atoms with Gasteiger partial charge in [-0.25, -0.2) is 0 Å². The molecule has 1 aromatic carbocycles. The van der Waals surface area contributed by atoms with E-state index in [0.29, 0.717) is 12.1 Å². The van der Waals surface area contributed by atoms with E-state index in [-0.39, 0.29) is 5.91 Å². The minimum absolute atomic E-state index is 0.0675. The number of hydrogen-bond acceptors (Lipinski definition) is 3. The summed E-state index contributed by atoms with van der Waals surface area (Å²) in [7, 11) is 2.14. The van der Waals surface area contributed by atoms with Gasteiger partial charge in [0.25, 0.3) is 0 Å². The Hall–Kier alpha value is -1.55. The van der Waals surface area contributed by atoms with Gasteiger partial charge in [0.05, 0.1) is 0 Å². The van der Waals surface area contributed by atoms with Gasteiger partial charge < -0.3 is 16.0 Å². The highest BCUT2D eigenvalue weighted by atomic mass is 16.1. The van der Waals surface area contributed by atoms with E-state index in [1.54, 1.807) is 0 Å². The Morgan fingerprint density at radius 1 is 1.47 bits per heavy atom. The van der Waals surface area contributed by atoms with E-state index >= 15 is 0 Å². The summed E-state index contributed by atoms with van der Waals surface area (Å²) in [5.74, 6) is 0.0675. The molecular formula is C15H23N3O. The molecule has 4 heteroatoms. The Bertz CT molecular complexity index is 455. The van der Waals surface area contributed by atoms with Crippen molar-refractivity contribution in [2.45, 2.75) is 38.6 Å². The molecule has 0 radical (unpaired) electrons. The van der Waals surface area contributed by atoms with Gasteiger partial charge in [0.15, 0.2) is 0 Å². The van der Waals surface area contributed by atoms with Gasteiger partial charge >= 0.3 is 0 Å². The second kappa shape index (κ2) is 6.06. The van der Waals surface area contributed by atoms with E-state index in [0.717, 1.165) is 30.3 Å². The number of nitrogens with zero attached hydrogens (tertiary/aromatic N) is 1. The number of amides is 1. The molecule has 1 fully saturated rings. The Labute approximate surface area is 115 Å². The summed E-state index contributed by atoms with van der Waals surface area (Å²) in [5.41, 5.74) is 8.26. The zero-order valence-corrected chi connectivity index (χ0v) is 11.8. The quantitative estimate of drug-likeness (QED) is 0.773. The smallest absolute Gasteiger partial charge is 0.224 e. The van der Waals surface area contributed by atoms with Gasteiger partial charge in [-0.3, -0.25) is 4.79 Å². The number of benzene rings is 1. The molecule has 0 aliphatic heterocycles. The highest BCUT2D eigenvalue weighted by molar-refractivity contribution is 5.91. The van der Waals surface area contributed by atoms with E-state index in [1.165, 1.54) is 12.8 Å². The highest BCUT2D eigenvalue weighted by Gasteiger charge is 2.25. The van der Waals surface area contributed by atoms with Crippen molar-refractivity contribution in [3.63, 3.8) is 0 Å². The molecule has 1 amide bonds. The Balaban J connectivity index is 1.75. The number of nitrogen functional groups attached to an aromatic ring is 1. The molecule has 4 nitrogen and oxygen atoms in total. The number of rotatable bonds is 6. The number of carbonyl (C=O) groups excluding carboxylic acids is 1. The lowest BCUT2D eigenvalue weighted by atomic mass is 10.1. The fourth-order valence-corrected chi connectivity index (χ4v) is 2.17. The van der Waals surface area contributed by atoms with Crippen molar-refractivity contribution in [1.29, 1.82) is 0 Å². The second-order valence-corrected chi connectivity index (χ2v) is 5.44. The molecule has 0 saturated heterocycles. The average molecular weight is 261 g/mol. The SMILES string of the molecule is Cc1ccc(N)cc1NC(=O)CCCN(C)C1CC1. The van der Waals surface area contributed by atoms with Crippen LogP contribution in [0.4, 0.5) is 11.4 Å². The van der Waals surface area contributed by atoms with Crippen LogP contribution >= 0.6 is 0 Å². The van der Waals surface area contributed by atoms with Crippen LogP contribution in [0.25, 0.3) is 0 Å².